The van der Waals surface area contributed by atoms with Crippen molar-refractivity contribution in [3.05, 3.63) is 29.0 Å². The van der Waals surface area contributed by atoms with Crippen molar-refractivity contribution in [3.63, 3.8) is 0 Å². The zero-order valence-corrected chi connectivity index (χ0v) is 15.7. The van der Waals surface area contributed by atoms with Gasteiger partial charge in [0, 0.05) is 17.8 Å². The third-order valence-corrected chi connectivity index (χ3v) is 5.19. The average molecular weight is 397 g/mol. The maximum atomic E-state index is 13.1. The van der Waals surface area contributed by atoms with E-state index in [0.29, 0.717) is 12.0 Å². The van der Waals surface area contributed by atoms with Gasteiger partial charge >= 0.3 is 12.1 Å². The van der Waals surface area contributed by atoms with Gasteiger partial charge in [-0.25, -0.2) is 0 Å². The number of amides is 1. The van der Waals surface area contributed by atoms with Crippen LogP contribution in [0.25, 0.3) is 10.9 Å². The number of nitrogens with one attached hydrogen (secondary N) is 1. The summed E-state index contributed by atoms with van der Waals surface area (Å²) >= 11 is 0. The van der Waals surface area contributed by atoms with Gasteiger partial charge in [0.05, 0.1) is 25.2 Å². The SMILES string of the molecule is CCc1cc2c(c3cn[nH]c13)CN(CC(F)(F)F)C(=O)[C@H](CC(=O)OC)CC2. The van der Waals surface area contributed by atoms with Crippen LogP contribution in [-0.4, -0.2) is 46.8 Å². The highest BCUT2D eigenvalue weighted by atomic mass is 19.4. The molecule has 28 heavy (non-hydrogen) atoms. The molecule has 0 radical (unpaired) electrons. The molecule has 9 heteroatoms. The fraction of sp³-hybridized carbons (Fsp3) is 0.526. The molecule has 0 unspecified atom stereocenters. The Balaban J connectivity index is 2.06. The summed E-state index contributed by atoms with van der Waals surface area (Å²) in [4.78, 5) is 25.3. The molecule has 0 fully saturated rings. The first-order valence-corrected chi connectivity index (χ1v) is 9.12. The number of halogens is 3. The number of rotatable bonds is 4. The molecule has 1 atom stereocenters. The molecule has 2 heterocycles. The van der Waals surface area contributed by atoms with E-state index < -0.39 is 30.5 Å². The lowest BCUT2D eigenvalue weighted by atomic mass is 9.88. The lowest BCUT2D eigenvalue weighted by Gasteiger charge is -2.31. The van der Waals surface area contributed by atoms with Crippen molar-refractivity contribution in [3.8, 4) is 0 Å². The zero-order valence-electron chi connectivity index (χ0n) is 15.7. The van der Waals surface area contributed by atoms with Crippen LogP contribution in [0.4, 0.5) is 13.2 Å². The van der Waals surface area contributed by atoms with Crippen LogP contribution in [0.2, 0.25) is 0 Å². The highest BCUT2D eigenvalue weighted by Crippen LogP contribution is 2.32. The average Bonchev–Trinajstić information content (AvgIpc) is 3.12. The molecule has 1 aromatic carbocycles. The Hall–Kier alpha value is -2.58. The lowest BCUT2D eigenvalue weighted by molar-refractivity contribution is -0.166. The molecule has 0 saturated heterocycles. The molecule has 1 aliphatic heterocycles. The third kappa shape index (κ3) is 4.13. The van der Waals surface area contributed by atoms with Crippen molar-refractivity contribution in [2.24, 2.45) is 5.92 Å². The molecule has 1 aliphatic rings. The van der Waals surface area contributed by atoms with Gasteiger partial charge in [0.25, 0.3) is 0 Å². The van der Waals surface area contributed by atoms with Gasteiger partial charge in [-0.3, -0.25) is 14.7 Å². The number of carbonyl (C=O) groups excluding carboxylic acids is 2. The van der Waals surface area contributed by atoms with E-state index in [-0.39, 0.29) is 19.4 Å². The number of aryl methyl sites for hydroxylation is 2. The summed E-state index contributed by atoms with van der Waals surface area (Å²) in [6.07, 6.45) is -1.66. The molecule has 0 spiro atoms. The minimum atomic E-state index is -4.54. The van der Waals surface area contributed by atoms with Crippen molar-refractivity contribution < 1.29 is 27.5 Å². The summed E-state index contributed by atoms with van der Waals surface area (Å²) in [7, 11) is 1.20. The van der Waals surface area contributed by atoms with Crippen LogP contribution in [0.1, 0.15) is 36.5 Å². The molecule has 1 aromatic heterocycles. The number of aromatic nitrogens is 2. The smallest absolute Gasteiger partial charge is 0.406 e. The Kier molecular flexibility index (Phi) is 5.62. The van der Waals surface area contributed by atoms with Crippen molar-refractivity contribution in [2.45, 2.75) is 45.3 Å². The van der Waals surface area contributed by atoms with Gasteiger partial charge in [0.1, 0.15) is 6.54 Å². The fourth-order valence-electron chi connectivity index (χ4n) is 3.80. The van der Waals surface area contributed by atoms with E-state index in [1.165, 1.54) is 7.11 Å². The van der Waals surface area contributed by atoms with Crippen molar-refractivity contribution in [1.29, 1.82) is 0 Å². The monoisotopic (exact) mass is 397 g/mol. The summed E-state index contributed by atoms with van der Waals surface area (Å²) in [6.45, 7) is 0.452. The first-order valence-electron chi connectivity index (χ1n) is 9.12. The zero-order chi connectivity index (χ0) is 20.5. The molecule has 6 nitrogen and oxygen atoms in total. The number of aromatic amines is 1. The molecule has 0 aliphatic carbocycles. The van der Waals surface area contributed by atoms with Crippen LogP contribution >= 0.6 is 0 Å². The van der Waals surface area contributed by atoms with Crippen molar-refractivity contribution in [2.75, 3.05) is 13.7 Å². The molecule has 2 aromatic rings. The fourth-order valence-corrected chi connectivity index (χ4v) is 3.80. The second kappa shape index (κ2) is 7.81. The summed E-state index contributed by atoms with van der Waals surface area (Å²) < 4.78 is 44.1. The second-order valence-corrected chi connectivity index (χ2v) is 7.01. The van der Waals surface area contributed by atoms with Crippen LogP contribution in [0, 0.1) is 5.92 Å². The van der Waals surface area contributed by atoms with Gasteiger partial charge in [-0.1, -0.05) is 13.0 Å². The first-order chi connectivity index (χ1) is 13.2. The number of fused-ring (bicyclic) bond motifs is 3. The number of ether oxygens (including phenoxy) is 1. The van der Waals surface area contributed by atoms with E-state index in [1.807, 2.05) is 13.0 Å². The predicted octanol–water partition coefficient (Wildman–Crippen LogP) is 3.14. The van der Waals surface area contributed by atoms with Crippen molar-refractivity contribution >= 4 is 22.8 Å². The number of H-pyrrole nitrogens is 1. The Morgan fingerprint density at radius 2 is 2.18 bits per heavy atom. The van der Waals surface area contributed by atoms with E-state index in [9.17, 15) is 22.8 Å². The van der Waals surface area contributed by atoms with Crippen LogP contribution in [0.15, 0.2) is 12.3 Å². The molecule has 0 bridgehead atoms. The highest BCUT2D eigenvalue weighted by molar-refractivity contribution is 5.88. The number of methoxy groups -OCH3 is 1. The van der Waals surface area contributed by atoms with Gasteiger partial charge in [-0.2, -0.15) is 18.3 Å². The van der Waals surface area contributed by atoms with E-state index >= 15 is 0 Å². The molecule has 0 saturated carbocycles. The first kappa shape index (κ1) is 20.2. The van der Waals surface area contributed by atoms with Crippen molar-refractivity contribution in [1.82, 2.24) is 15.1 Å². The standard InChI is InChI=1S/C19H22F3N3O3/c1-3-11-6-12-4-5-13(7-16(26)28-2)18(27)25(10-19(20,21)22)9-15(12)14-8-23-24-17(11)14/h6,8,13H,3-5,7,9-10H2,1-2H3,(H,23,24)/t13-/m0/s1. The number of nitrogens with zero attached hydrogens (tertiary/aromatic N) is 2. The second-order valence-electron chi connectivity index (χ2n) is 7.01. The summed E-state index contributed by atoms with van der Waals surface area (Å²) in [5.41, 5.74) is 3.37. The maximum Gasteiger partial charge on any atom is 0.406 e. The predicted molar refractivity (Wildman–Crippen MR) is 95.4 cm³/mol. The van der Waals surface area contributed by atoms with E-state index in [2.05, 4.69) is 14.9 Å². The molecule has 152 valence electrons. The Morgan fingerprint density at radius 1 is 1.43 bits per heavy atom. The summed E-state index contributed by atoms with van der Waals surface area (Å²) in [5, 5.41) is 7.69. The maximum absolute atomic E-state index is 13.1. The Labute approximate surface area is 160 Å². The number of alkyl halides is 3. The van der Waals surface area contributed by atoms with Gasteiger partial charge in [-0.05, 0) is 36.0 Å². The van der Waals surface area contributed by atoms with Gasteiger partial charge < -0.3 is 9.64 Å². The quantitative estimate of drug-likeness (QED) is 0.805. The number of benzene rings is 1. The van der Waals surface area contributed by atoms with E-state index in [0.717, 1.165) is 33.4 Å². The molecule has 1 amide bonds. The summed E-state index contributed by atoms with van der Waals surface area (Å²) in [6, 6.07) is 1.96. The van der Waals surface area contributed by atoms with E-state index in [1.54, 1.807) is 6.20 Å². The van der Waals surface area contributed by atoms with Crippen LogP contribution in [0.3, 0.4) is 0 Å². The molecule has 3 rings (SSSR count). The third-order valence-electron chi connectivity index (χ3n) is 5.19. The van der Waals surface area contributed by atoms with Gasteiger partial charge in [-0.15, -0.1) is 0 Å². The number of hydrogen-bond donors (Lipinski definition) is 1. The minimum Gasteiger partial charge on any atom is -0.469 e. The van der Waals surface area contributed by atoms with Crippen LogP contribution < -0.4 is 0 Å². The lowest BCUT2D eigenvalue weighted by Crippen LogP contribution is -2.43. The van der Waals surface area contributed by atoms with Crippen LogP contribution in [0.5, 0.6) is 0 Å². The topological polar surface area (TPSA) is 75.3 Å². The molecule has 1 N–H and O–H groups in total. The normalized spacial score (nSPS) is 18.0. The van der Waals surface area contributed by atoms with Crippen LogP contribution in [-0.2, 0) is 33.7 Å². The molecular formula is C19H22F3N3O3. The Morgan fingerprint density at radius 3 is 2.82 bits per heavy atom. The minimum absolute atomic E-state index is 0.175. The van der Waals surface area contributed by atoms with Gasteiger partial charge in [0.2, 0.25) is 5.91 Å². The largest absolute Gasteiger partial charge is 0.469 e. The number of carbonyl (C=O) groups is 2. The highest BCUT2D eigenvalue weighted by Gasteiger charge is 2.37. The molecular weight excluding hydrogens is 375 g/mol. The Bertz CT molecular complexity index is 892. The van der Waals surface area contributed by atoms with E-state index in [4.69, 9.17) is 0 Å². The number of hydrogen-bond acceptors (Lipinski definition) is 4. The van der Waals surface area contributed by atoms with Gasteiger partial charge in [0.15, 0.2) is 0 Å². The summed E-state index contributed by atoms with van der Waals surface area (Å²) in [5.74, 6) is -2.12. The number of esters is 1.